The molecule has 5 rings (SSSR count). The SMILES string of the molecule is CN(C)c1nc(-c2ccc(N(c3ccccc3)c3ccccc3)cc2)c(-c2ccc([N+](=O)[O-])s2)s1. The normalized spacial score (nSPS) is 10.8. The Morgan fingerprint density at radius 1 is 0.743 bits per heavy atom. The molecule has 0 radical (unpaired) electrons. The predicted molar refractivity (Wildman–Crippen MR) is 147 cm³/mol. The molecule has 0 saturated heterocycles. The number of rotatable bonds is 7. The second-order valence-electron chi connectivity index (χ2n) is 8.02. The molecular formula is C27H22N4O2S2. The number of nitrogens with zero attached hydrogens (tertiary/aromatic N) is 4. The molecule has 0 fully saturated rings. The number of thiophene rings is 1. The molecule has 6 nitrogen and oxygen atoms in total. The summed E-state index contributed by atoms with van der Waals surface area (Å²) in [5.74, 6) is 0. The van der Waals surface area contributed by atoms with Gasteiger partial charge in [0.2, 0.25) is 0 Å². The van der Waals surface area contributed by atoms with Crippen molar-refractivity contribution >= 4 is 49.9 Å². The maximum absolute atomic E-state index is 11.2. The molecule has 0 spiro atoms. The van der Waals surface area contributed by atoms with Crippen molar-refractivity contribution in [2.45, 2.75) is 0 Å². The third-order valence-corrected chi connectivity index (χ3v) is 7.86. The van der Waals surface area contributed by atoms with Crippen LogP contribution in [0.15, 0.2) is 97.1 Å². The third-order valence-electron chi connectivity index (χ3n) is 5.42. The lowest BCUT2D eigenvalue weighted by molar-refractivity contribution is -0.380. The summed E-state index contributed by atoms with van der Waals surface area (Å²) in [4.78, 5) is 21.7. The first-order valence-electron chi connectivity index (χ1n) is 10.9. The minimum absolute atomic E-state index is 0.127. The van der Waals surface area contributed by atoms with Gasteiger partial charge >= 0.3 is 5.00 Å². The van der Waals surface area contributed by atoms with Gasteiger partial charge in [-0.3, -0.25) is 10.1 Å². The summed E-state index contributed by atoms with van der Waals surface area (Å²) >= 11 is 2.71. The van der Waals surface area contributed by atoms with Gasteiger partial charge in [0.1, 0.15) is 0 Å². The largest absolute Gasteiger partial charge is 0.354 e. The van der Waals surface area contributed by atoms with Gasteiger partial charge in [-0.25, -0.2) is 4.98 Å². The molecule has 0 unspecified atom stereocenters. The van der Waals surface area contributed by atoms with Crippen LogP contribution in [0.4, 0.5) is 27.2 Å². The van der Waals surface area contributed by atoms with E-state index in [0.717, 1.165) is 43.2 Å². The minimum atomic E-state index is -0.349. The molecule has 0 saturated carbocycles. The lowest BCUT2D eigenvalue weighted by Gasteiger charge is -2.25. The Morgan fingerprint density at radius 2 is 1.31 bits per heavy atom. The topological polar surface area (TPSA) is 62.5 Å². The molecule has 0 aliphatic heterocycles. The molecular weight excluding hydrogens is 476 g/mol. The highest BCUT2D eigenvalue weighted by Gasteiger charge is 2.21. The Kier molecular flexibility index (Phi) is 6.31. The van der Waals surface area contributed by atoms with E-state index >= 15 is 0 Å². The second kappa shape index (κ2) is 9.69. The van der Waals surface area contributed by atoms with Crippen molar-refractivity contribution in [3.8, 4) is 21.0 Å². The first-order valence-corrected chi connectivity index (χ1v) is 12.6. The number of benzene rings is 3. The highest BCUT2D eigenvalue weighted by Crippen LogP contribution is 2.44. The quantitative estimate of drug-likeness (QED) is 0.168. The fraction of sp³-hybridized carbons (Fsp3) is 0.0741. The van der Waals surface area contributed by atoms with Crippen molar-refractivity contribution < 1.29 is 4.92 Å². The van der Waals surface area contributed by atoms with Gasteiger partial charge in [0.25, 0.3) is 0 Å². The Bertz CT molecular complexity index is 1410. The molecule has 174 valence electrons. The molecule has 5 aromatic rings. The fourth-order valence-electron chi connectivity index (χ4n) is 3.78. The Morgan fingerprint density at radius 3 is 1.83 bits per heavy atom. The van der Waals surface area contributed by atoms with Gasteiger partial charge in [0, 0.05) is 42.8 Å². The summed E-state index contributed by atoms with van der Waals surface area (Å²) in [6, 6.07) is 32.2. The fourth-order valence-corrected chi connectivity index (χ4v) is 5.72. The van der Waals surface area contributed by atoms with E-state index < -0.39 is 0 Å². The molecule has 35 heavy (non-hydrogen) atoms. The van der Waals surface area contributed by atoms with Crippen LogP contribution in [0.25, 0.3) is 21.0 Å². The first-order chi connectivity index (χ1) is 17.0. The lowest BCUT2D eigenvalue weighted by Crippen LogP contribution is -2.09. The molecule has 0 atom stereocenters. The molecule has 2 heterocycles. The van der Waals surface area contributed by atoms with Crippen LogP contribution in [0.3, 0.4) is 0 Å². The van der Waals surface area contributed by atoms with E-state index in [4.69, 9.17) is 4.98 Å². The summed E-state index contributed by atoms with van der Waals surface area (Å²) in [6.45, 7) is 0. The molecule has 0 aliphatic carbocycles. The molecule has 0 N–H and O–H groups in total. The second-order valence-corrected chi connectivity index (χ2v) is 10.1. The minimum Gasteiger partial charge on any atom is -0.354 e. The van der Waals surface area contributed by atoms with Crippen molar-refractivity contribution in [2.75, 3.05) is 23.9 Å². The number of para-hydroxylation sites is 2. The van der Waals surface area contributed by atoms with E-state index in [1.807, 2.05) is 55.4 Å². The van der Waals surface area contributed by atoms with Crippen LogP contribution < -0.4 is 9.80 Å². The van der Waals surface area contributed by atoms with Gasteiger partial charge in [-0.2, -0.15) is 0 Å². The molecule has 0 amide bonds. The van der Waals surface area contributed by atoms with Crippen molar-refractivity contribution in [3.63, 3.8) is 0 Å². The maximum atomic E-state index is 11.2. The summed E-state index contributed by atoms with van der Waals surface area (Å²) in [6.07, 6.45) is 0. The highest BCUT2D eigenvalue weighted by atomic mass is 32.1. The van der Waals surface area contributed by atoms with Gasteiger partial charge < -0.3 is 9.80 Å². The van der Waals surface area contributed by atoms with E-state index in [2.05, 4.69) is 53.4 Å². The lowest BCUT2D eigenvalue weighted by atomic mass is 10.1. The molecule has 2 aromatic heterocycles. The number of thiazole rings is 1. The monoisotopic (exact) mass is 498 g/mol. The van der Waals surface area contributed by atoms with E-state index in [9.17, 15) is 10.1 Å². The predicted octanol–water partition coefficient (Wildman–Crippen LogP) is 7.98. The van der Waals surface area contributed by atoms with E-state index in [1.54, 1.807) is 12.1 Å². The third kappa shape index (κ3) is 4.66. The van der Waals surface area contributed by atoms with Gasteiger partial charge in [-0.05, 0) is 42.5 Å². The molecule has 0 bridgehead atoms. The Balaban J connectivity index is 1.57. The van der Waals surface area contributed by atoms with Gasteiger partial charge in [0.15, 0.2) is 5.13 Å². The first kappa shape index (κ1) is 22.8. The van der Waals surface area contributed by atoms with E-state index in [1.165, 1.54) is 22.7 Å². The Hall–Kier alpha value is -4.01. The van der Waals surface area contributed by atoms with Crippen LogP contribution in [0.5, 0.6) is 0 Å². The average molecular weight is 499 g/mol. The van der Waals surface area contributed by atoms with Crippen LogP contribution in [0.2, 0.25) is 0 Å². The van der Waals surface area contributed by atoms with Gasteiger partial charge in [-0.1, -0.05) is 71.2 Å². The van der Waals surface area contributed by atoms with Crippen LogP contribution in [0.1, 0.15) is 0 Å². The van der Waals surface area contributed by atoms with Crippen LogP contribution in [-0.2, 0) is 0 Å². The van der Waals surface area contributed by atoms with E-state index in [-0.39, 0.29) is 9.92 Å². The number of hydrogen-bond acceptors (Lipinski definition) is 7. The highest BCUT2D eigenvalue weighted by molar-refractivity contribution is 7.25. The van der Waals surface area contributed by atoms with Crippen molar-refractivity contribution in [1.82, 2.24) is 4.98 Å². The molecule has 8 heteroatoms. The van der Waals surface area contributed by atoms with Crippen molar-refractivity contribution in [2.24, 2.45) is 0 Å². The zero-order valence-electron chi connectivity index (χ0n) is 19.2. The zero-order chi connectivity index (χ0) is 24.4. The van der Waals surface area contributed by atoms with Crippen molar-refractivity contribution in [1.29, 1.82) is 0 Å². The Labute approximate surface area is 211 Å². The number of aromatic nitrogens is 1. The molecule has 3 aromatic carbocycles. The summed E-state index contributed by atoms with van der Waals surface area (Å²) < 4.78 is 0. The smallest absolute Gasteiger partial charge is 0.324 e. The maximum Gasteiger partial charge on any atom is 0.324 e. The molecule has 0 aliphatic rings. The van der Waals surface area contributed by atoms with E-state index in [0.29, 0.717) is 0 Å². The van der Waals surface area contributed by atoms with Gasteiger partial charge in [-0.15, -0.1) is 0 Å². The summed E-state index contributed by atoms with van der Waals surface area (Å²) in [5, 5.41) is 12.2. The number of nitro groups is 1. The van der Waals surface area contributed by atoms with Gasteiger partial charge in [0.05, 0.1) is 20.4 Å². The zero-order valence-corrected chi connectivity index (χ0v) is 20.8. The standard InChI is InChI=1S/C27H22N4O2S2/c1-29(2)27-28-25(26(35-27)23-17-18-24(34-23)31(32)33)19-13-15-22(16-14-19)30(20-9-5-3-6-10-20)21-11-7-4-8-12-21/h3-18H,1-2H3. The number of hydrogen-bond donors (Lipinski definition) is 0. The van der Waals surface area contributed by atoms with Crippen molar-refractivity contribution in [3.05, 3.63) is 107 Å². The number of anilines is 4. The summed E-state index contributed by atoms with van der Waals surface area (Å²) in [5.41, 5.74) is 4.96. The summed E-state index contributed by atoms with van der Waals surface area (Å²) in [7, 11) is 3.90. The average Bonchev–Trinajstić information content (AvgIpc) is 3.54. The van der Waals surface area contributed by atoms with Crippen LogP contribution in [0, 0.1) is 10.1 Å². The van der Waals surface area contributed by atoms with Crippen LogP contribution in [-0.4, -0.2) is 24.0 Å². The van der Waals surface area contributed by atoms with Crippen LogP contribution >= 0.6 is 22.7 Å².